The normalized spacial score (nSPS) is 10.7. The number of nitrogens with one attached hydrogen (secondary N) is 1. The van der Waals surface area contributed by atoms with Gasteiger partial charge in [0.1, 0.15) is 5.82 Å². The lowest BCUT2D eigenvalue weighted by Gasteiger charge is -2.06. The first-order valence-electron chi connectivity index (χ1n) is 8.32. The van der Waals surface area contributed by atoms with Gasteiger partial charge < -0.3 is 9.73 Å². The lowest BCUT2D eigenvalue weighted by Crippen LogP contribution is -2.22. The largest absolute Gasteiger partial charge is 0.441 e. The minimum absolute atomic E-state index is 0.0831. The number of hydrogen-bond acceptors (Lipinski definition) is 3. The first-order valence-corrected chi connectivity index (χ1v) is 9.11. The molecular formula is C20H18BrFN2O2. The fourth-order valence-corrected chi connectivity index (χ4v) is 3.08. The highest BCUT2D eigenvalue weighted by atomic mass is 79.9. The van der Waals surface area contributed by atoms with E-state index >= 15 is 0 Å². The molecule has 0 fully saturated rings. The molecular weight excluding hydrogens is 399 g/mol. The van der Waals surface area contributed by atoms with Gasteiger partial charge in [-0.3, -0.25) is 4.79 Å². The van der Waals surface area contributed by atoms with Crippen molar-refractivity contribution in [2.75, 3.05) is 0 Å². The zero-order chi connectivity index (χ0) is 18.4. The Bertz CT molecular complexity index is 860. The average Bonchev–Trinajstić information content (AvgIpc) is 3.09. The number of carbonyl (C=O) groups excluding carboxylic acids is 1. The standard InChI is InChI=1S/C20H18BrFN2O2/c21-16-9-14(10-17(22)11-16)12-23-19(25)7-4-8-20-24-13-18(26-20)15-5-2-1-3-6-15/h1-3,5-6,9-11,13H,4,7-8,12H2,(H,23,25). The molecule has 6 heteroatoms. The topological polar surface area (TPSA) is 55.1 Å². The first kappa shape index (κ1) is 18.3. The first-order chi connectivity index (χ1) is 12.6. The molecule has 1 aromatic heterocycles. The van der Waals surface area contributed by atoms with Crippen molar-refractivity contribution in [3.8, 4) is 11.3 Å². The fraction of sp³-hybridized carbons (Fsp3) is 0.200. The minimum atomic E-state index is -0.332. The van der Waals surface area contributed by atoms with Crippen LogP contribution >= 0.6 is 15.9 Å². The molecule has 0 aliphatic heterocycles. The van der Waals surface area contributed by atoms with E-state index in [1.54, 1.807) is 12.3 Å². The van der Waals surface area contributed by atoms with E-state index in [1.165, 1.54) is 12.1 Å². The molecule has 0 aliphatic carbocycles. The maximum atomic E-state index is 13.3. The Hall–Kier alpha value is -2.47. The summed E-state index contributed by atoms with van der Waals surface area (Å²) >= 11 is 3.24. The summed E-state index contributed by atoms with van der Waals surface area (Å²) in [7, 11) is 0. The highest BCUT2D eigenvalue weighted by Crippen LogP contribution is 2.20. The number of rotatable bonds is 7. The molecule has 3 aromatic rings. The van der Waals surface area contributed by atoms with Crippen molar-refractivity contribution in [2.45, 2.75) is 25.8 Å². The third-order valence-electron chi connectivity index (χ3n) is 3.82. The van der Waals surface area contributed by atoms with E-state index in [-0.39, 0.29) is 11.7 Å². The maximum Gasteiger partial charge on any atom is 0.220 e. The van der Waals surface area contributed by atoms with Crippen molar-refractivity contribution < 1.29 is 13.6 Å². The smallest absolute Gasteiger partial charge is 0.220 e. The van der Waals surface area contributed by atoms with Gasteiger partial charge in [0.2, 0.25) is 5.91 Å². The molecule has 0 bridgehead atoms. The van der Waals surface area contributed by atoms with Gasteiger partial charge >= 0.3 is 0 Å². The molecule has 0 aliphatic rings. The Morgan fingerprint density at radius 3 is 2.77 bits per heavy atom. The lowest BCUT2D eigenvalue weighted by atomic mass is 10.2. The number of oxazole rings is 1. The molecule has 1 heterocycles. The molecule has 1 amide bonds. The highest BCUT2D eigenvalue weighted by Gasteiger charge is 2.08. The van der Waals surface area contributed by atoms with Crippen molar-refractivity contribution in [2.24, 2.45) is 0 Å². The summed E-state index contributed by atoms with van der Waals surface area (Å²) in [5.41, 5.74) is 1.69. The molecule has 0 saturated carbocycles. The van der Waals surface area contributed by atoms with E-state index in [2.05, 4.69) is 26.2 Å². The van der Waals surface area contributed by atoms with Crippen molar-refractivity contribution in [1.29, 1.82) is 0 Å². The zero-order valence-electron chi connectivity index (χ0n) is 14.0. The quantitative estimate of drug-likeness (QED) is 0.596. The number of hydrogen-bond donors (Lipinski definition) is 1. The van der Waals surface area contributed by atoms with Gasteiger partial charge in [0.15, 0.2) is 11.7 Å². The molecule has 26 heavy (non-hydrogen) atoms. The predicted octanol–water partition coefficient (Wildman–Crippen LogP) is 4.88. The number of benzene rings is 2. The van der Waals surface area contributed by atoms with Crippen molar-refractivity contribution in [3.05, 3.63) is 76.5 Å². The Kier molecular flexibility index (Phi) is 6.17. The second kappa shape index (κ2) is 8.76. The number of aryl methyl sites for hydroxylation is 1. The van der Waals surface area contributed by atoms with E-state index in [0.29, 0.717) is 41.7 Å². The molecule has 0 unspecified atom stereocenters. The van der Waals surface area contributed by atoms with Crippen LogP contribution in [-0.2, 0) is 17.8 Å². The third-order valence-corrected chi connectivity index (χ3v) is 4.28. The monoisotopic (exact) mass is 416 g/mol. The SMILES string of the molecule is O=C(CCCc1ncc(-c2ccccc2)o1)NCc1cc(F)cc(Br)c1. The van der Waals surface area contributed by atoms with E-state index in [0.717, 1.165) is 11.3 Å². The van der Waals surface area contributed by atoms with E-state index in [1.807, 2.05) is 30.3 Å². The van der Waals surface area contributed by atoms with Crippen LogP contribution in [0.2, 0.25) is 0 Å². The van der Waals surface area contributed by atoms with E-state index < -0.39 is 0 Å². The van der Waals surface area contributed by atoms with E-state index in [9.17, 15) is 9.18 Å². The summed E-state index contributed by atoms with van der Waals surface area (Å²) in [6.07, 6.45) is 3.28. The van der Waals surface area contributed by atoms with Gasteiger partial charge in [-0.05, 0) is 30.2 Å². The fourth-order valence-electron chi connectivity index (χ4n) is 2.56. The Morgan fingerprint density at radius 2 is 2.00 bits per heavy atom. The molecule has 0 radical (unpaired) electrons. The minimum Gasteiger partial charge on any atom is -0.441 e. The lowest BCUT2D eigenvalue weighted by molar-refractivity contribution is -0.121. The Morgan fingerprint density at radius 1 is 1.19 bits per heavy atom. The molecule has 0 spiro atoms. The molecule has 0 atom stereocenters. The van der Waals surface area contributed by atoms with Crippen LogP contribution in [0.25, 0.3) is 11.3 Å². The van der Waals surface area contributed by atoms with Crippen molar-refractivity contribution >= 4 is 21.8 Å². The van der Waals surface area contributed by atoms with Gasteiger partial charge in [0, 0.05) is 29.4 Å². The van der Waals surface area contributed by atoms with Crippen LogP contribution in [0.15, 0.2) is 63.6 Å². The van der Waals surface area contributed by atoms with Crippen LogP contribution < -0.4 is 5.32 Å². The van der Waals surface area contributed by atoms with Crippen LogP contribution in [0.5, 0.6) is 0 Å². The summed E-state index contributed by atoms with van der Waals surface area (Å²) in [6.45, 7) is 0.298. The second-order valence-corrected chi connectivity index (χ2v) is 6.81. The van der Waals surface area contributed by atoms with Crippen LogP contribution in [0.4, 0.5) is 4.39 Å². The van der Waals surface area contributed by atoms with Crippen molar-refractivity contribution in [1.82, 2.24) is 10.3 Å². The summed E-state index contributed by atoms with van der Waals surface area (Å²) in [6, 6.07) is 14.3. The van der Waals surface area contributed by atoms with Crippen LogP contribution in [0, 0.1) is 5.82 Å². The summed E-state index contributed by atoms with van der Waals surface area (Å²) in [4.78, 5) is 16.2. The molecule has 3 rings (SSSR count). The number of amides is 1. The molecule has 4 nitrogen and oxygen atoms in total. The second-order valence-electron chi connectivity index (χ2n) is 5.89. The van der Waals surface area contributed by atoms with Gasteiger partial charge in [-0.15, -0.1) is 0 Å². The Labute approximate surface area is 159 Å². The third kappa shape index (κ3) is 5.26. The van der Waals surface area contributed by atoms with Crippen LogP contribution in [-0.4, -0.2) is 10.9 Å². The molecule has 1 N–H and O–H groups in total. The average molecular weight is 417 g/mol. The van der Waals surface area contributed by atoms with Gasteiger partial charge in [-0.1, -0.05) is 46.3 Å². The predicted molar refractivity (Wildman–Crippen MR) is 101 cm³/mol. The molecule has 2 aromatic carbocycles. The number of halogens is 2. The van der Waals surface area contributed by atoms with Gasteiger partial charge in [0.05, 0.1) is 6.20 Å². The zero-order valence-corrected chi connectivity index (χ0v) is 15.6. The molecule has 0 saturated heterocycles. The summed E-state index contributed by atoms with van der Waals surface area (Å²) in [5.74, 6) is 0.925. The van der Waals surface area contributed by atoms with Crippen molar-refractivity contribution in [3.63, 3.8) is 0 Å². The maximum absolute atomic E-state index is 13.3. The van der Waals surface area contributed by atoms with Crippen LogP contribution in [0.1, 0.15) is 24.3 Å². The molecule has 134 valence electrons. The summed E-state index contributed by atoms with van der Waals surface area (Å²) < 4.78 is 19.7. The number of nitrogens with zero attached hydrogens (tertiary/aromatic N) is 1. The van der Waals surface area contributed by atoms with Gasteiger partial charge in [0.25, 0.3) is 0 Å². The van der Waals surface area contributed by atoms with Gasteiger partial charge in [-0.2, -0.15) is 0 Å². The highest BCUT2D eigenvalue weighted by molar-refractivity contribution is 9.10. The van der Waals surface area contributed by atoms with Gasteiger partial charge in [-0.25, -0.2) is 9.37 Å². The number of carbonyl (C=O) groups is 1. The Balaban J connectivity index is 1.43. The summed E-state index contributed by atoms with van der Waals surface area (Å²) in [5, 5.41) is 2.79. The van der Waals surface area contributed by atoms with E-state index in [4.69, 9.17) is 4.42 Å². The van der Waals surface area contributed by atoms with Crippen LogP contribution in [0.3, 0.4) is 0 Å². The number of aromatic nitrogens is 1.